The molecule has 6 nitrogen and oxygen atoms in total. The molecule has 0 aliphatic rings. The van der Waals surface area contributed by atoms with E-state index in [2.05, 4.69) is 0 Å². The van der Waals surface area contributed by atoms with E-state index in [1.165, 1.54) is 24.3 Å². The first kappa shape index (κ1) is 14.5. The molecule has 0 heterocycles. The summed E-state index contributed by atoms with van der Waals surface area (Å²) in [6, 6.07) is 12.7. The average molecular weight is 287 g/mol. The van der Waals surface area contributed by atoms with Crippen LogP contribution >= 0.6 is 0 Å². The Balaban J connectivity index is 1.95. The van der Waals surface area contributed by atoms with Crippen LogP contribution in [0.5, 0.6) is 11.5 Å². The number of non-ortho nitro benzene ring substituents is 1. The number of para-hydroxylation sites is 1. The fourth-order valence-corrected chi connectivity index (χ4v) is 1.68. The van der Waals surface area contributed by atoms with Gasteiger partial charge >= 0.3 is 5.97 Å². The van der Waals surface area contributed by atoms with E-state index in [1.54, 1.807) is 12.1 Å². The molecule has 0 bridgehead atoms. The monoisotopic (exact) mass is 287 g/mol. The van der Waals surface area contributed by atoms with E-state index in [4.69, 9.17) is 9.47 Å². The molecule has 6 heteroatoms. The molecule has 0 N–H and O–H groups in total. The summed E-state index contributed by atoms with van der Waals surface area (Å²) in [4.78, 5) is 21.7. The minimum Gasteiger partial charge on any atom is -0.482 e. The van der Waals surface area contributed by atoms with Crippen molar-refractivity contribution < 1.29 is 19.2 Å². The fraction of sp³-hybridized carbons (Fsp3) is 0.133. The Hall–Kier alpha value is -2.89. The zero-order valence-corrected chi connectivity index (χ0v) is 11.3. The van der Waals surface area contributed by atoms with E-state index < -0.39 is 10.9 Å². The molecule has 0 saturated heterocycles. The Labute approximate surface area is 121 Å². The van der Waals surface area contributed by atoms with Crippen LogP contribution in [0.1, 0.15) is 5.56 Å². The number of benzene rings is 2. The molecule has 0 spiro atoms. The van der Waals surface area contributed by atoms with Gasteiger partial charge in [0.05, 0.1) is 11.0 Å². The van der Waals surface area contributed by atoms with Crippen molar-refractivity contribution in [3.8, 4) is 11.5 Å². The Bertz CT molecular complexity index is 669. The predicted molar refractivity (Wildman–Crippen MR) is 75.4 cm³/mol. The van der Waals surface area contributed by atoms with Crippen molar-refractivity contribution in [3.05, 3.63) is 64.2 Å². The van der Waals surface area contributed by atoms with Crippen LogP contribution < -0.4 is 9.47 Å². The van der Waals surface area contributed by atoms with Crippen LogP contribution in [0.4, 0.5) is 5.69 Å². The number of rotatable bonds is 5. The van der Waals surface area contributed by atoms with Crippen molar-refractivity contribution in [3.63, 3.8) is 0 Å². The summed E-state index contributed by atoms with van der Waals surface area (Å²) in [5.74, 6) is 0.0785. The second-order valence-corrected chi connectivity index (χ2v) is 4.28. The molecule has 0 fully saturated rings. The molecule has 0 aliphatic carbocycles. The van der Waals surface area contributed by atoms with Crippen LogP contribution in [0.2, 0.25) is 0 Å². The summed E-state index contributed by atoms with van der Waals surface area (Å²) in [6.07, 6.45) is 0. The number of ether oxygens (including phenoxy) is 2. The highest BCUT2D eigenvalue weighted by atomic mass is 16.6. The Kier molecular flexibility index (Phi) is 4.50. The topological polar surface area (TPSA) is 78.7 Å². The summed E-state index contributed by atoms with van der Waals surface area (Å²) in [6.45, 7) is 1.59. The highest BCUT2D eigenvalue weighted by Crippen LogP contribution is 2.20. The van der Waals surface area contributed by atoms with Gasteiger partial charge in [0.1, 0.15) is 11.5 Å². The maximum absolute atomic E-state index is 11.7. The minimum absolute atomic E-state index is 0.114. The van der Waals surface area contributed by atoms with Crippen molar-refractivity contribution in [2.75, 3.05) is 6.61 Å². The third kappa shape index (κ3) is 4.04. The van der Waals surface area contributed by atoms with Gasteiger partial charge < -0.3 is 9.47 Å². The SMILES string of the molecule is Cc1ccccc1OCC(=O)Oc1cccc([N+](=O)[O-])c1. The molecule has 0 amide bonds. The van der Waals surface area contributed by atoms with Crippen LogP contribution in [0.15, 0.2) is 48.5 Å². The molecule has 108 valence electrons. The van der Waals surface area contributed by atoms with Gasteiger partial charge in [-0.2, -0.15) is 0 Å². The van der Waals surface area contributed by atoms with Gasteiger partial charge in [-0.15, -0.1) is 0 Å². The summed E-state index contributed by atoms with van der Waals surface area (Å²) < 4.78 is 10.3. The first-order valence-corrected chi connectivity index (χ1v) is 6.20. The second-order valence-electron chi connectivity index (χ2n) is 4.28. The summed E-state index contributed by atoms with van der Waals surface area (Å²) in [7, 11) is 0. The highest BCUT2D eigenvalue weighted by molar-refractivity contribution is 5.74. The van der Waals surface area contributed by atoms with Crippen LogP contribution in [-0.2, 0) is 4.79 Å². The van der Waals surface area contributed by atoms with E-state index in [0.717, 1.165) is 5.56 Å². The Morgan fingerprint density at radius 1 is 1.19 bits per heavy atom. The minimum atomic E-state index is -0.626. The predicted octanol–water partition coefficient (Wildman–Crippen LogP) is 2.89. The van der Waals surface area contributed by atoms with Gasteiger partial charge in [-0.3, -0.25) is 10.1 Å². The third-order valence-corrected chi connectivity index (χ3v) is 2.70. The third-order valence-electron chi connectivity index (χ3n) is 2.70. The lowest BCUT2D eigenvalue weighted by molar-refractivity contribution is -0.384. The van der Waals surface area contributed by atoms with Crippen molar-refractivity contribution in [1.29, 1.82) is 0 Å². The number of nitro groups is 1. The van der Waals surface area contributed by atoms with E-state index >= 15 is 0 Å². The molecular formula is C15H13NO5. The van der Waals surface area contributed by atoms with Crippen molar-refractivity contribution >= 4 is 11.7 Å². The van der Waals surface area contributed by atoms with E-state index in [0.29, 0.717) is 5.75 Å². The first-order chi connectivity index (χ1) is 10.1. The summed E-state index contributed by atoms with van der Waals surface area (Å²) >= 11 is 0. The normalized spacial score (nSPS) is 9.95. The van der Waals surface area contributed by atoms with Crippen LogP contribution in [-0.4, -0.2) is 17.5 Å². The molecular weight excluding hydrogens is 274 g/mol. The van der Waals surface area contributed by atoms with Gasteiger partial charge in [-0.05, 0) is 24.6 Å². The number of nitrogens with zero attached hydrogens (tertiary/aromatic N) is 1. The number of aryl methyl sites for hydroxylation is 1. The second kappa shape index (κ2) is 6.51. The highest BCUT2D eigenvalue weighted by Gasteiger charge is 2.11. The van der Waals surface area contributed by atoms with Gasteiger partial charge in [0.25, 0.3) is 5.69 Å². The largest absolute Gasteiger partial charge is 0.482 e. The maximum atomic E-state index is 11.7. The molecule has 0 unspecified atom stereocenters. The lowest BCUT2D eigenvalue weighted by Gasteiger charge is -2.08. The van der Waals surface area contributed by atoms with Gasteiger partial charge in [0.2, 0.25) is 0 Å². The van der Waals surface area contributed by atoms with E-state index in [9.17, 15) is 14.9 Å². The molecule has 0 aliphatic heterocycles. The quantitative estimate of drug-likeness (QED) is 0.365. The Morgan fingerprint density at radius 3 is 2.67 bits per heavy atom. The van der Waals surface area contributed by atoms with Crippen molar-refractivity contribution in [1.82, 2.24) is 0 Å². The van der Waals surface area contributed by atoms with E-state index in [-0.39, 0.29) is 18.0 Å². The lowest BCUT2D eigenvalue weighted by Crippen LogP contribution is -2.18. The molecule has 0 saturated carbocycles. The van der Waals surface area contributed by atoms with Gasteiger partial charge in [0.15, 0.2) is 6.61 Å². The van der Waals surface area contributed by atoms with Gasteiger partial charge in [-0.1, -0.05) is 24.3 Å². The molecule has 21 heavy (non-hydrogen) atoms. The van der Waals surface area contributed by atoms with Crippen LogP contribution in [0, 0.1) is 17.0 Å². The average Bonchev–Trinajstić information content (AvgIpc) is 2.46. The van der Waals surface area contributed by atoms with Crippen LogP contribution in [0.3, 0.4) is 0 Å². The lowest BCUT2D eigenvalue weighted by atomic mass is 10.2. The number of nitro benzene ring substituents is 1. The van der Waals surface area contributed by atoms with Gasteiger partial charge in [-0.25, -0.2) is 4.79 Å². The van der Waals surface area contributed by atoms with Crippen molar-refractivity contribution in [2.45, 2.75) is 6.92 Å². The number of esters is 1. The smallest absolute Gasteiger partial charge is 0.349 e. The Morgan fingerprint density at radius 2 is 1.95 bits per heavy atom. The molecule has 0 radical (unpaired) electrons. The number of carbonyl (C=O) groups is 1. The van der Waals surface area contributed by atoms with Crippen molar-refractivity contribution in [2.24, 2.45) is 0 Å². The fourth-order valence-electron chi connectivity index (χ4n) is 1.68. The van der Waals surface area contributed by atoms with Gasteiger partial charge in [0, 0.05) is 6.07 Å². The summed E-state index contributed by atoms with van der Waals surface area (Å²) in [5.41, 5.74) is 0.765. The standard InChI is InChI=1S/C15H13NO5/c1-11-5-2-3-8-14(11)20-10-15(17)21-13-7-4-6-12(9-13)16(18)19/h2-9H,10H2,1H3. The molecule has 0 aromatic heterocycles. The maximum Gasteiger partial charge on any atom is 0.349 e. The zero-order valence-electron chi connectivity index (χ0n) is 11.3. The first-order valence-electron chi connectivity index (χ1n) is 6.20. The van der Waals surface area contributed by atoms with E-state index in [1.807, 2.05) is 19.1 Å². The number of carbonyl (C=O) groups excluding carboxylic acids is 1. The molecule has 2 aromatic rings. The molecule has 2 rings (SSSR count). The zero-order chi connectivity index (χ0) is 15.2. The molecule has 0 atom stereocenters. The number of hydrogen-bond acceptors (Lipinski definition) is 5. The summed E-state index contributed by atoms with van der Waals surface area (Å²) in [5, 5.41) is 10.6. The van der Waals surface area contributed by atoms with Crippen LogP contribution in [0.25, 0.3) is 0 Å². The molecule has 2 aromatic carbocycles. The number of hydrogen-bond donors (Lipinski definition) is 0.